The third-order valence-corrected chi connectivity index (χ3v) is 3.27. The Labute approximate surface area is 98.8 Å². The van der Waals surface area contributed by atoms with E-state index in [2.05, 4.69) is 49.2 Å². The van der Waals surface area contributed by atoms with E-state index in [-0.39, 0.29) is 5.54 Å². The number of guanidine groups is 1. The highest BCUT2D eigenvalue weighted by molar-refractivity contribution is 6.22. The maximum atomic E-state index is 4.81. The standard InChI is InChI=1S/C11H17B2N3/c1-11(9-5-3-2-4-6-9)7-8-16(13)10(14-11)15-12/h2-6H,7-8,12-13H2,1H3,(H,14,15). The van der Waals surface area contributed by atoms with Gasteiger partial charge < -0.3 is 10.0 Å². The lowest BCUT2D eigenvalue weighted by Gasteiger charge is -2.37. The summed E-state index contributed by atoms with van der Waals surface area (Å²) in [5.41, 5.74) is 1.20. The zero-order valence-electron chi connectivity index (χ0n) is 10.2. The Bertz CT molecular complexity index is 393. The van der Waals surface area contributed by atoms with E-state index in [1.807, 2.05) is 14.0 Å². The van der Waals surface area contributed by atoms with E-state index >= 15 is 0 Å². The lowest BCUT2D eigenvalue weighted by atomic mass is 9.87. The zero-order valence-corrected chi connectivity index (χ0v) is 10.2. The Morgan fingerprint density at radius 3 is 2.69 bits per heavy atom. The van der Waals surface area contributed by atoms with Gasteiger partial charge in [-0.3, -0.25) is 0 Å². The number of hydrogen-bond donors (Lipinski definition) is 1. The average molecular weight is 213 g/mol. The van der Waals surface area contributed by atoms with Crippen molar-refractivity contribution in [3.8, 4) is 0 Å². The molecule has 0 amide bonds. The summed E-state index contributed by atoms with van der Waals surface area (Å²) in [6.07, 6.45) is 1.05. The van der Waals surface area contributed by atoms with Gasteiger partial charge in [-0.2, -0.15) is 0 Å². The first-order valence-corrected chi connectivity index (χ1v) is 5.70. The van der Waals surface area contributed by atoms with Gasteiger partial charge in [0, 0.05) is 6.54 Å². The van der Waals surface area contributed by atoms with Gasteiger partial charge in [0.05, 0.1) is 5.54 Å². The number of rotatable bonds is 1. The van der Waals surface area contributed by atoms with Gasteiger partial charge in [0.2, 0.25) is 16.0 Å². The summed E-state index contributed by atoms with van der Waals surface area (Å²) in [6.45, 7) is 3.23. The quantitative estimate of drug-likeness (QED) is 0.645. The second kappa shape index (κ2) is 4.24. The molecule has 0 saturated heterocycles. The minimum absolute atomic E-state index is 0.0912. The van der Waals surface area contributed by atoms with E-state index in [0.717, 1.165) is 18.9 Å². The summed E-state index contributed by atoms with van der Waals surface area (Å²) >= 11 is 0. The van der Waals surface area contributed by atoms with E-state index < -0.39 is 0 Å². The average Bonchev–Trinajstić information content (AvgIpc) is 2.34. The molecule has 1 unspecified atom stereocenters. The van der Waals surface area contributed by atoms with Crippen molar-refractivity contribution in [1.82, 2.24) is 10.0 Å². The topological polar surface area (TPSA) is 27.6 Å². The van der Waals surface area contributed by atoms with Crippen LogP contribution in [0, 0.1) is 0 Å². The second-order valence-electron chi connectivity index (χ2n) is 4.50. The highest BCUT2D eigenvalue weighted by atomic mass is 15.3. The van der Waals surface area contributed by atoms with Crippen molar-refractivity contribution < 1.29 is 0 Å². The number of benzene rings is 1. The third kappa shape index (κ3) is 1.94. The van der Waals surface area contributed by atoms with E-state index in [1.165, 1.54) is 5.56 Å². The lowest BCUT2D eigenvalue weighted by Crippen LogP contribution is -2.46. The van der Waals surface area contributed by atoms with Crippen LogP contribution in [0.15, 0.2) is 35.3 Å². The molecule has 0 aromatic heterocycles. The first kappa shape index (κ1) is 11.1. The van der Waals surface area contributed by atoms with Crippen LogP contribution in [0.3, 0.4) is 0 Å². The van der Waals surface area contributed by atoms with Crippen molar-refractivity contribution in [3.05, 3.63) is 35.9 Å². The Morgan fingerprint density at radius 2 is 2.06 bits per heavy atom. The molecule has 16 heavy (non-hydrogen) atoms. The van der Waals surface area contributed by atoms with E-state index in [0.29, 0.717) is 0 Å². The van der Waals surface area contributed by atoms with Gasteiger partial charge in [-0.25, -0.2) is 4.99 Å². The van der Waals surface area contributed by atoms with Crippen LogP contribution in [0.2, 0.25) is 0 Å². The highest BCUT2D eigenvalue weighted by Crippen LogP contribution is 2.31. The molecule has 1 atom stereocenters. The minimum atomic E-state index is -0.0912. The van der Waals surface area contributed by atoms with E-state index in [4.69, 9.17) is 4.99 Å². The van der Waals surface area contributed by atoms with Crippen molar-refractivity contribution in [2.24, 2.45) is 4.99 Å². The summed E-state index contributed by atoms with van der Waals surface area (Å²) in [7, 11) is 3.99. The fourth-order valence-electron chi connectivity index (χ4n) is 2.12. The number of nitrogens with zero attached hydrogens (tertiary/aromatic N) is 2. The van der Waals surface area contributed by atoms with Gasteiger partial charge in [0.1, 0.15) is 0 Å². The van der Waals surface area contributed by atoms with Gasteiger partial charge >= 0.3 is 0 Å². The summed E-state index contributed by atoms with van der Waals surface area (Å²) in [5.74, 6) is 0.970. The van der Waals surface area contributed by atoms with Gasteiger partial charge in [-0.1, -0.05) is 30.3 Å². The summed E-state index contributed by atoms with van der Waals surface area (Å²) < 4.78 is 0. The largest absolute Gasteiger partial charge is 0.407 e. The summed E-state index contributed by atoms with van der Waals surface area (Å²) in [5, 5.41) is 3.15. The fraction of sp³-hybridized carbons (Fsp3) is 0.364. The van der Waals surface area contributed by atoms with E-state index in [1.54, 1.807) is 0 Å². The predicted molar refractivity (Wildman–Crippen MR) is 72.8 cm³/mol. The predicted octanol–water partition coefficient (Wildman–Crippen LogP) is -0.351. The molecule has 2 rings (SSSR count). The van der Waals surface area contributed by atoms with Crippen LogP contribution < -0.4 is 5.23 Å². The summed E-state index contributed by atoms with van der Waals surface area (Å²) in [6, 6.07) is 10.5. The highest BCUT2D eigenvalue weighted by Gasteiger charge is 2.30. The molecule has 82 valence electrons. The van der Waals surface area contributed by atoms with Gasteiger partial charge in [-0.05, 0) is 18.9 Å². The van der Waals surface area contributed by atoms with Gasteiger partial charge in [-0.15, -0.1) is 0 Å². The molecule has 5 heteroatoms. The molecule has 0 aliphatic carbocycles. The molecule has 1 heterocycles. The van der Waals surface area contributed by atoms with Crippen LogP contribution in [0.1, 0.15) is 18.9 Å². The Kier molecular flexibility index (Phi) is 2.95. The second-order valence-corrected chi connectivity index (χ2v) is 4.50. The van der Waals surface area contributed by atoms with Crippen LogP contribution in [-0.4, -0.2) is 33.3 Å². The first-order chi connectivity index (χ1) is 7.65. The molecular weight excluding hydrogens is 196 g/mol. The van der Waals surface area contributed by atoms with Crippen LogP contribution in [0.5, 0.6) is 0 Å². The normalized spacial score (nSPS) is 25.1. The van der Waals surface area contributed by atoms with Crippen LogP contribution in [0.25, 0.3) is 0 Å². The van der Waals surface area contributed by atoms with Crippen molar-refractivity contribution in [2.45, 2.75) is 18.9 Å². The molecule has 1 aromatic carbocycles. The molecule has 0 fully saturated rings. The summed E-state index contributed by atoms with van der Waals surface area (Å²) in [4.78, 5) is 6.97. The maximum Gasteiger partial charge on any atom is 0.221 e. The maximum absolute atomic E-state index is 4.81. The number of aliphatic imine (C=N–C) groups is 1. The van der Waals surface area contributed by atoms with Crippen molar-refractivity contribution in [1.29, 1.82) is 0 Å². The lowest BCUT2D eigenvalue weighted by molar-refractivity contribution is 0.381. The number of hydrogen-bond acceptors (Lipinski definition) is 3. The van der Waals surface area contributed by atoms with Crippen LogP contribution in [-0.2, 0) is 5.54 Å². The monoisotopic (exact) mass is 213 g/mol. The molecular formula is C11H17B2N3. The molecule has 0 saturated carbocycles. The SMILES string of the molecule is BNC1=NC(C)(c2ccccc2)CCN1B. The minimum Gasteiger partial charge on any atom is -0.407 e. The van der Waals surface area contributed by atoms with Gasteiger partial charge in [0.15, 0.2) is 5.96 Å². The van der Waals surface area contributed by atoms with Gasteiger partial charge in [0.25, 0.3) is 0 Å². The van der Waals surface area contributed by atoms with E-state index in [9.17, 15) is 0 Å². The third-order valence-electron chi connectivity index (χ3n) is 3.27. The molecule has 1 N–H and O–H groups in total. The van der Waals surface area contributed by atoms with Crippen molar-refractivity contribution in [3.63, 3.8) is 0 Å². The molecule has 0 bridgehead atoms. The van der Waals surface area contributed by atoms with Crippen molar-refractivity contribution >= 4 is 21.9 Å². The smallest absolute Gasteiger partial charge is 0.221 e. The van der Waals surface area contributed by atoms with Crippen molar-refractivity contribution in [2.75, 3.05) is 6.54 Å². The zero-order chi connectivity index (χ0) is 11.6. The number of nitrogens with one attached hydrogen (secondary N) is 1. The Hall–Kier alpha value is -1.38. The molecule has 0 spiro atoms. The Morgan fingerprint density at radius 1 is 1.38 bits per heavy atom. The molecule has 1 aliphatic heterocycles. The molecule has 0 radical (unpaired) electrons. The van der Waals surface area contributed by atoms with Crippen LogP contribution >= 0.6 is 0 Å². The first-order valence-electron chi connectivity index (χ1n) is 5.70. The Balaban J connectivity index is 2.36. The fourth-order valence-corrected chi connectivity index (χ4v) is 2.12. The molecule has 3 nitrogen and oxygen atoms in total. The van der Waals surface area contributed by atoms with Crippen LogP contribution in [0.4, 0.5) is 0 Å². The molecule has 1 aromatic rings. The molecule has 1 aliphatic rings.